The van der Waals surface area contributed by atoms with E-state index in [-0.39, 0.29) is 6.10 Å². The van der Waals surface area contributed by atoms with Crippen LogP contribution in [0.25, 0.3) is 0 Å². The molecule has 2 nitrogen and oxygen atoms in total. The summed E-state index contributed by atoms with van der Waals surface area (Å²) in [4.78, 5) is 0. The summed E-state index contributed by atoms with van der Waals surface area (Å²) < 4.78 is 0. The van der Waals surface area contributed by atoms with Crippen molar-refractivity contribution in [1.29, 1.82) is 0 Å². The van der Waals surface area contributed by atoms with Gasteiger partial charge in [-0.3, -0.25) is 0 Å². The first-order valence-electron chi connectivity index (χ1n) is 10.8. The third-order valence-corrected chi connectivity index (χ3v) is 5.42. The lowest BCUT2D eigenvalue weighted by Crippen LogP contribution is -2.34. The SMILES string of the molecule is CCCCCCCCCCCCCCCCC(O)C1CCCN1. The number of rotatable bonds is 16. The smallest absolute Gasteiger partial charge is 0.0693 e. The van der Waals surface area contributed by atoms with Crippen LogP contribution in [0.5, 0.6) is 0 Å². The highest BCUT2D eigenvalue weighted by molar-refractivity contribution is 4.80. The summed E-state index contributed by atoms with van der Waals surface area (Å²) in [6.45, 7) is 3.38. The second-order valence-corrected chi connectivity index (χ2v) is 7.66. The molecule has 0 bridgehead atoms. The Hall–Kier alpha value is -0.0800. The number of aliphatic hydroxyl groups is 1. The monoisotopic (exact) mass is 325 g/mol. The molecule has 0 spiro atoms. The topological polar surface area (TPSA) is 32.3 Å². The van der Waals surface area contributed by atoms with E-state index in [2.05, 4.69) is 12.2 Å². The van der Waals surface area contributed by atoms with Crippen molar-refractivity contribution >= 4 is 0 Å². The fourth-order valence-electron chi connectivity index (χ4n) is 3.79. The molecule has 0 aromatic heterocycles. The van der Waals surface area contributed by atoms with Gasteiger partial charge < -0.3 is 10.4 Å². The van der Waals surface area contributed by atoms with Gasteiger partial charge in [-0.15, -0.1) is 0 Å². The minimum Gasteiger partial charge on any atom is -0.392 e. The van der Waals surface area contributed by atoms with Gasteiger partial charge in [0.05, 0.1) is 6.10 Å². The van der Waals surface area contributed by atoms with Crippen molar-refractivity contribution in [2.45, 2.75) is 128 Å². The standard InChI is InChI=1S/C21H43NO/c1-2-3-4-5-6-7-8-9-10-11-12-13-14-15-18-21(23)20-17-16-19-22-20/h20-23H,2-19H2,1H3. The number of aliphatic hydroxyl groups excluding tert-OH is 1. The molecule has 138 valence electrons. The van der Waals surface area contributed by atoms with Crippen LogP contribution in [0, 0.1) is 0 Å². The number of hydrogen-bond donors (Lipinski definition) is 2. The lowest BCUT2D eigenvalue weighted by Gasteiger charge is -2.17. The van der Waals surface area contributed by atoms with Gasteiger partial charge in [-0.05, 0) is 25.8 Å². The summed E-state index contributed by atoms with van der Waals surface area (Å²) >= 11 is 0. The van der Waals surface area contributed by atoms with Crippen molar-refractivity contribution in [2.75, 3.05) is 6.54 Å². The van der Waals surface area contributed by atoms with Crippen molar-refractivity contribution < 1.29 is 5.11 Å². The van der Waals surface area contributed by atoms with Gasteiger partial charge in [0.25, 0.3) is 0 Å². The summed E-state index contributed by atoms with van der Waals surface area (Å²) in [7, 11) is 0. The highest BCUT2D eigenvalue weighted by Crippen LogP contribution is 2.16. The largest absolute Gasteiger partial charge is 0.392 e. The number of unbranched alkanes of at least 4 members (excludes halogenated alkanes) is 13. The average molecular weight is 326 g/mol. The molecule has 0 aliphatic carbocycles. The Bertz CT molecular complexity index is 238. The summed E-state index contributed by atoms with van der Waals surface area (Å²) in [5.74, 6) is 0. The Balaban J connectivity index is 1.71. The van der Waals surface area contributed by atoms with Crippen LogP contribution in [0.4, 0.5) is 0 Å². The van der Waals surface area contributed by atoms with Gasteiger partial charge >= 0.3 is 0 Å². The zero-order valence-corrected chi connectivity index (χ0v) is 15.8. The van der Waals surface area contributed by atoms with Gasteiger partial charge in [0.15, 0.2) is 0 Å². The molecule has 0 radical (unpaired) electrons. The van der Waals surface area contributed by atoms with E-state index >= 15 is 0 Å². The number of hydrogen-bond acceptors (Lipinski definition) is 2. The molecule has 2 unspecified atom stereocenters. The molecule has 0 amide bonds. The number of nitrogens with one attached hydrogen (secondary N) is 1. The Labute approximate surface area is 145 Å². The molecule has 2 N–H and O–H groups in total. The first kappa shape index (κ1) is 21.0. The summed E-state index contributed by atoms with van der Waals surface area (Å²) in [6, 6.07) is 0.386. The highest BCUT2D eigenvalue weighted by atomic mass is 16.3. The van der Waals surface area contributed by atoms with E-state index in [4.69, 9.17) is 0 Å². The van der Waals surface area contributed by atoms with Gasteiger partial charge in [0, 0.05) is 6.04 Å². The molecule has 0 aromatic carbocycles. The Morgan fingerprint density at radius 1 is 0.783 bits per heavy atom. The highest BCUT2D eigenvalue weighted by Gasteiger charge is 2.21. The average Bonchev–Trinajstić information content (AvgIpc) is 3.09. The van der Waals surface area contributed by atoms with Crippen LogP contribution in [-0.2, 0) is 0 Å². The molecular weight excluding hydrogens is 282 g/mol. The Morgan fingerprint density at radius 3 is 1.70 bits per heavy atom. The lowest BCUT2D eigenvalue weighted by atomic mass is 10.0. The zero-order valence-electron chi connectivity index (χ0n) is 15.8. The van der Waals surface area contributed by atoms with E-state index < -0.39 is 0 Å². The van der Waals surface area contributed by atoms with Gasteiger partial charge in [-0.25, -0.2) is 0 Å². The molecule has 1 aliphatic rings. The van der Waals surface area contributed by atoms with Crippen molar-refractivity contribution in [3.63, 3.8) is 0 Å². The Morgan fingerprint density at radius 2 is 1.26 bits per heavy atom. The first-order chi connectivity index (χ1) is 11.3. The minimum atomic E-state index is -0.102. The van der Waals surface area contributed by atoms with Gasteiger partial charge in [0.2, 0.25) is 0 Å². The van der Waals surface area contributed by atoms with Crippen LogP contribution in [0.15, 0.2) is 0 Å². The van der Waals surface area contributed by atoms with Crippen molar-refractivity contribution in [3.05, 3.63) is 0 Å². The second kappa shape index (κ2) is 15.4. The predicted octanol–water partition coefficient (Wildman–Crippen LogP) is 5.97. The van der Waals surface area contributed by atoms with Crippen LogP contribution < -0.4 is 5.32 Å². The van der Waals surface area contributed by atoms with Gasteiger partial charge in [-0.1, -0.05) is 96.8 Å². The van der Waals surface area contributed by atoms with E-state index in [0.717, 1.165) is 13.0 Å². The predicted molar refractivity (Wildman–Crippen MR) is 102 cm³/mol. The molecule has 1 fully saturated rings. The molecule has 1 aliphatic heterocycles. The maximum Gasteiger partial charge on any atom is 0.0693 e. The normalized spacial score (nSPS) is 19.3. The van der Waals surface area contributed by atoms with E-state index in [1.54, 1.807) is 0 Å². The fraction of sp³-hybridized carbons (Fsp3) is 1.00. The first-order valence-corrected chi connectivity index (χ1v) is 10.8. The van der Waals surface area contributed by atoms with Crippen molar-refractivity contribution in [2.24, 2.45) is 0 Å². The fourth-order valence-corrected chi connectivity index (χ4v) is 3.79. The molecule has 2 heteroatoms. The molecule has 0 saturated carbocycles. The van der Waals surface area contributed by atoms with E-state index in [1.807, 2.05) is 0 Å². The quantitative estimate of drug-likeness (QED) is 0.343. The maximum atomic E-state index is 10.1. The van der Waals surface area contributed by atoms with Crippen LogP contribution in [0.1, 0.15) is 116 Å². The lowest BCUT2D eigenvalue weighted by molar-refractivity contribution is 0.123. The molecule has 0 aromatic rings. The van der Waals surface area contributed by atoms with Gasteiger partial charge in [0.1, 0.15) is 0 Å². The molecule has 23 heavy (non-hydrogen) atoms. The minimum absolute atomic E-state index is 0.102. The van der Waals surface area contributed by atoms with Crippen molar-refractivity contribution in [3.8, 4) is 0 Å². The van der Waals surface area contributed by atoms with E-state index in [1.165, 1.54) is 103 Å². The molecule has 2 atom stereocenters. The van der Waals surface area contributed by atoms with Crippen LogP contribution in [-0.4, -0.2) is 23.8 Å². The third-order valence-electron chi connectivity index (χ3n) is 5.42. The van der Waals surface area contributed by atoms with Crippen molar-refractivity contribution in [1.82, 2.24) is 5.32 Å². The van der Waals surface area contributed by atoms with Crippen LogP contribution in [0.3, 0.4) is 0 Å². The van der Waals surface area contributed by atoms with Crippen LogP contribution >= 0.6 is 0 Å². The molecule has 1 heterocycles. The molecule has 1 saturated heterocycles. The third kappa shape index (κ3) is 12.0. The summed E-state index contributed by atoms with van der Waals surface area (Å²) in [5, 5.41) is 13.5. The Kier molecular flexibility index (Phi) is 14.1. The molecular formula is C21H43NO. The van der Waals surface area contributed by atoms with Crippen LogP contribution in [0.2, 0.25) is 0 Å². The molecule has 1 rings (SSSR count). The summed E-state index contributed by atoms with van der Waals surface area (Å²) in [6.07, 6.45) is 22.9. The summed E-state index contributed by atoms with van der Waals surface area (Å²) in [5.41, 5.74) is 0. The van der Waals surface area contributed by atoms with Gasteiger partial charge in [-0.2, -0.15) is 0 Å². The zero-order chi connectivity index (χ0) is 16.6. The second-order valence-electron chi connectivity index (χ2n) is 7.66. The maximum absolute atomic E-state index is 10.1. The van der Waals surface area contributed by atoms with E-state index in [0.29, 0.717) is 6.04 Å². The van der Waals surface area contributed by atoms with E-state index in [9.17, 15) is 5.11 Å².